The van der Waals surface area contributed by atoms with Crippen LogP contribution in [0.2, 0.25) is 0 Å². The summed E-state index contributed by atoms with van der Waals surface area (Å²) in [7, 11) is 1.97. The number of benzene rings is 3. The maximum Gasteiger partial charge on any atom is 0.124 e. The monoisotopic (exact) mass is 421 g/mol. The molecular weight excluding hydrogens is 394 g/mol. The van der Waals surface area contributed by atoms with Crippen molar-refractivity contribution in [1.82, 2.24) is 9.55 Å². The Balaban J connectivity index is 1.75. The van der Waals surface area contributed by atoms with Gasteiger partial charge in [-0.25, -0.2) is 4.98 Å². The molecule has 0 aliphatic rings. The van der Waals surface area contributed by atoms with E-state index in [2.05, 4.69) is 68.2 Å². The number of hydrogen-bond acceptors (Lipinski definition) is 3. The van der Waals surface area contributed by atoms with E-state index in [0.29, 0.717) is 12.2 Å². The van der Waals surface area contributed by atoms with Crippen molar-refractivity contribution < 1.29 is 4.74 Å². The van der Waals surface area contributed by atoms with Crippen LogP contribution in [0.5, 0.6) is 0 Å². The van der Waals surface area contributed by atoms with Gasteiger partial charge in [0.05, 0.1) is 36.5 Å². The highest BCUT2D eigenvalue weighted by molar-refractivity contribution is 5.74. The molecule has 32 heavy (non-hydrogen) atoms. The number of ether oxygens (including phenoxy) is 1. The lowest BCUT2D eigenvalue weighted by Gasteiger charge is -2.21. The third-order valence-electron chi connectivity index (χ3n) is 6.01. The molecular formula is C28H27N3O. The first-order valence-corrected chi connectivity index (χ1v) is 10.7. The number of nitrogens with zero attached hydrogens (tertiary/aromatic N) is 3. The molecule has 0 spiro atoms. The Hall–Kier alpha value is -3.68. The molecule has 0 fully saturated rings. The van der Waals surface area contributed by atoms with Crippen LogP contribution in [0.15, 0.2) is 73.2 Å². The van der Waals surface area contributed by atoms with Gasteiger partial charge in [-0.05, 0) is 66.3 Å². The van der Waals surface area contributed by atoms with Gasteiger partial charge in [0, 0.05) is 12.6 Å². The van der Waals surface area contributed by atoms with E-state index in [4.69, 9.17) is 4.74 Å². The van der Waals surface area contributed by atoms with Gasteiger partial charge in [0.25, 0.3) is 0 Å². The summed E-state index contributed by atoms with van der Waals surface area (Å²) < 4.78 is 8.47. The third-order valence-corrected chi connectivity index (χ3v) is 6.01. The van der Waals surface area contributed by atoms with E-state index in [9.17, 15) is 5.26 Å². The number of hydrogen-bond donors (Lipinski definition) is 0. The topological polar surface area (TPSA) is 50.8 Å². The smallest absolute Gasteiger partial charge is 0.124 e. The van der Waals surface area contributed by atoms with Crippen molar-refractivity contribution >= 4 is 0 Å². The first-order valence-electron chi connectivity index (χ1n) is 10.7. The number of rotatable bonds is 6. The standard InChI is InChI=1S/C28H27N3O/c1-19-9-10-22(13-21(19)3)17-32-28(27-16-30-18-31(27)4)23-11-12-24(15-29)26(14-23)25-8-6-5-7-20(25)2/h5-14,16,18,28H,17H2,1-4H3. The molecule has 4 heteroatoms. The second-order valence-electron chi connectivity index (χ2n) is 8.27. The molecule has 0 aliphatic carbocycles. The first-order chi connectivity index (χ1) is 15.5. The normalized spacial score (nSPS) is 11.8. The fourth-order valence-corrected chi connectivity index (χ4v) is 3.97. The van der Waals surface area contributed by atoms with Gasteiger partial charge in [-0.1, -0.05) is 48.5 Å². The van der Waals surface area contributed by atoms with Crippen LogP contribution >= 0.6 is 0 Å². The predicted molar refractivity (Wildman–Crippen MR) is 127 cm³/mol. The lowest BCUT2D eigenvalue weighted by molar-refractivity contribution is 0.0622. The molecule has 3 aromatic carbocycles. The van der Waals surface area contributed by atoms with Crippen LogP contribution in [-0.2, 0) is 18.4 Å². The predicted octanol–water partition coefficient (Wildman–Crippen LogP) is 6.19. The largest absolute Gasteiger partial charge is 0.363 e. The molecule has 0 bridgehead atoms. The first kappa shape index (κ1) is 21.5. The van der Waals surface area contributed by atoms with Crippen molar-refractivity contribution in [1.29, 1.82) is 5.26 Å². The van der Waals surface area contributed by atoms with Gasteiger partial charge >= 0.3 is 0 Å². The second kappa shape index (κ2) is 9.21. The van der Waals surface area contributed by atoms with Crippen LogP contribution in [0.1, 0.15) is 45.2 Å². The summed E-state index contributed by atoms with van der Waals surface area (Å²) in [5, 5.41) is 9.73. The summed E-state index contributed by atoms with van der Waals surface area (Å²) >= 11 is 0. The molecule has 0 saturated heterocycles. The van der Waals surface area contributed by atoms with E-state index >= 15 is 0 Å². The minimum Gasteiger partial charge on any atom is -0.363 e. The highest BCUT2D eigenvalue weighted by Crippen LogP contribution is 2.33. The summed E-state index contributed by atoms with van der Waals surface area (Å²) in [5.74, 6) is 0. The highest BCUT2D eigenvalue weighted by Gasteiger charge is 2.21. The van der Waals surface area contributed by atoms with Crippen LogP contribution in [0, 0.1) is 32.1 Å². The van der Waals surface area contributed by atoms with Crippen LogP contribution in [-0.4, -0.2) is 9.55 Å². The average Bonchev–Trinajstić information content (AvgIpc) is 3.22. The van der Waals surface area contributed by atoms with E-state index in [1.165, 1.54) is 11.1 Å². The Labute approximate surface area is 189 Å². The Morgan fingerprint density at radius 3 is 2.44 bits per heavy atom. The van der Waals surface area contributed by atoms with E-state index in [0.717, 1.165) is 33.5 Å². The van der Waals surface area contributed by atoms with E-state index < -0.39 is 0 Å². The molecule has 0 aliphatic heterocycles. The molecule has 0 saturated carbocycles. The van der Waals surface area contributed by atoms with Crippen LogP contribution in [0.3, 0.4) is 0 Å². The molecule has 4 aromatic rings. The molecule has 1 atom stereocenters. The highest BCUT2D eigenvalue weighted by atomic mass is 16.5. The Kier molecular flexibility index (Phi) is 6.20. The minimum absolute atomic E-state index is 0.306. The third kappa shape index (κ3) is 4.34. The molecule has 4 rings (SSSR count). The molecule has 160 valence electrons. The Morgan fingerprint density at radius 1 is 0.938 bits per heavy atom. The van der Waals surface area contributed by atoms with Gasteiger partial charge < -0.3 is 9.30 Å². The maximum absolute atomic E-state index is 9.73. The number of imidazole rings is 1. The number of nitriles is 1. The van der Waals surface area contributed by atoms with E-state index in [1.54, 1.807) is 6.33 Å². The van der Waals surface area contributed by atoms with Crippen LogP contribution < -0.4 is 0 Å². The summed E-state index contributed by atoms with van der Waals surface area (Å²) in [4.78, 5) is 4.31. The zero-order valence-corrected chi connectivity index (χ0v) is 19.0. The van der Waals surface area contributed by atoms with Crippen molar-refractivity contribution in [2.75, 3.05) is 0 Å². The van der Waals surface area contributed by atoms with Crippen LogP contribution in [0.25, 0.3) is 11.1 Å². The fraction of sp³-hybridized carbons (Fsp3) is 0.214. The lowest BCUT2D eigenvalue weighted by Crippen LogP contribution is -2.11. The minimum atomic E-state index is -0.306. The zero-order valence-electron chi connectivity index (χ0n) is 19.0. The molecule has 1 unspecified atom stereocenters. The average molecular weight is 422 g/mol. The Morgan fingerprint density at radius 2 is 1.75 bits per heavy atom. The summed E-state index contributed by atoms with van der Waals surface area (Å²) in [6, 6.07) is 22.9. The van der Waals surface area contributed by atoms with Crippen molar-refractivity contribution in [3.05, 3.63) is 112 Å². The summed E-state index contributed by atoms with van der Waals surface area (Å²) in [5.41, 5.74) is 9.39. The van der Waals surface area contributed by atoms with Gasteiger partial charge in [-0.3, -0.25) is 0 Å². The fourth-order valence-electron chi connectivity index (χ4n) is 3.97. The second-order valence-corrected chi connectivity index (χ2v) is 8.27. The van der Waals surface area contributed by atoms with Gasteiger partial charge in [0.2, 0.25) is 0 Å². The molecule has 0 N–H and O–H groups in total. The van der Waals surface area contributed by atoms with Crippen molar-refractivity contribution in [2.24, 2.45) is 7.05 Å². The van der Waals surface area contributed by atoms with Gasteiger partial charge in [-0.2, -0.15) is 5.26 Å². The van der Waals surface area contributed by atoms with Gasteiger partial charge in [0.1, 0.15) is 6.10 Å². The van der Waals surface area contributed by atoms with Crippen molar-refractivity contribution in [3.63, 3.8) is 0 Å². The summed E-state index contributed by atoms with van der Waals surface area (Å²) in [6.07, 6.45) is 3.32. The SMILES string of the molecule is Cc1ccc(COC(c2ccc(C#N)c(-c3ccccc3C)c2)c2cncn2C)cc1C. The van der Waals surface area contributed by atoms with E-state index in [-0.39, 0.29) is 6.10 Å². The van der Waals surface area contributed by atoms with Crippen molar-refractivity contribution in [3.8, 4) is 17.2 Å². The lowest BCUT2D eigenvalue weighted by atomic mass is 9.93. The van der Waals surface area contributed by atoms with Crippen molar-refractivity contribution in [2.45, 2.75) is 33.5 Å². The van der Waals surface area contributed by atoms with E-state index in [1.807, 2.05) is 42.1 Å². The molecule has 1 aromatic heterocycles. The quantitative estimate of drug-likeness (QED) is 0.373. The molecule has 4 nitrogen and oxygen atoms in total. The number of aromatic nitrogens is 2. The molecule has 0 radical (unpaired) electrons. The zero-order chi connectivity index (χ0) is 22.7. The summed E-state index contributed by atoms with van der Waals surface area (Å²) in [6.45, 7) is 6.78. The molecule has 0 amide bonds. The number of aryl methyl sites for hydroxylation is 4. The molecule has 1 heterocycles. The van der Waals surface area contributed by atoms with Crippen LogP contribution in [0.4, 0.5) is 0 Å². The Bertz CT molecular complexity index is 1300. The maximum atomic E-state index is 9.73. The van der Waals surface area contributed by atoms with Gasteiger partial charge in [-0.15, -0.1) is 0 Å². The van der Waals surface area contributed by atoms with Gasteiger partial charge in [0.15, 0.2) is 0 Å².